The molecule has 0 aliphatic rings. The van der Waals surface area contributed by atoms with Crippen LogP contribution in [-0.4, -0.2) is 25.8 Å². The van der Waals surface area contributed by atoms with Gasteiger partial charge < -0.3 is 15.4 Å². The number of carbonyl (C=O) groups excluding carboxylic acids is 1. The molecule has 2 aromatic heterocycles. The summed E-state index contributed by atoms with van der Waals surface area (Å²) in [7, 11) is 0. The summed E-state index contributed by atoms with van der Waals surface area (Å²) in [5, 5.41) is 17.9. The number of phenolic OH excluding ortho intramolecular Hbond substituents is 1. The number of phenols is 1. The molecule has 0 saturated heterocycles. The first-order valence-corrected chi connectivity index (χ1v) is 9.08. The topological polar surface area (TPSA) is 111 Å². The Hall–Kier alpha value is -3.42. The van der Waals surface area contributed by atoms with Crippen LogP contribution >= 0.6 is 23.2 Å². The van der Waals surface area contributed by atoms with E-state index in [0.717, 1.165) is 0 Å². The minimum Gasteiger partial charge on any atom is -0.508 e. The van der Waals surface area contributed by atoms with Crippen molar-refractivity contribution in [1.82, 2.24) is 14.8 Å². The fourth-order valence-electron chi connectivity index (χ4n) is 3.09. The first-order chi connectivity index (χ1) is 13.9. The molecule has 3 N–H and O–H groups in total. The van der Waals surface area contributed by atoms with E-state index >= 15 is 0 Å². The number of carbonyl (C=O) groups is 1. The summed E-state index contributed by atoms with van der Waals surface area (Å²) in [6, 6.07) is 11.1. The molecule has 4 rings (SSSR count). The Labute approximate surface area is 173 Å². The molecule has 2 aromatic carbocycles. The van der Waals surface area contributed by atoms with Crippen molar-refractivity contribution in [1.29, 1.82) is 0 Å². The average molecular weight is 427 g/mol. The molecule has 0 aliphatic heterocycles. The van der Waals surface area contributed by atoms with E-state index in [-0.39, 0.29) is 26.9 Å². The minimum absolute atomic E-state index is 0.0189. The molecule has 0 unspecified atom stereocenters. The summed E-state index contributed by atoms with van der Waals surface area (Å²) in [6.45, 7) is 0. The number of primary amides is 1. The van der Waals surface area contributed by atoms with Crippen molar-refractivity contribution in [3.05, 3.63) is 80.8 Å². The van der Waals surface area contributed by atoms with Crippen molar-refractivity contribution >= 4 is 40.0 Å². The van der Waals surface area contributed by atoms with E-state index in [4.69, 9.17) is 28.9 Å². The number of nitrogens with zero attached hydrogens (tertiary/aromatic N) is 3. The van der Waals surface area contributed by atoms with Gasteiger partial charge in [0.05, 0.1) is 22.4 Å². The van der Waals surface area contributed by atoms with Crippen LogP contribution in [0.3, 0.4) is 0 Å². The number of benzene rings is 2. The Morgan fingerprint density at radius 2 is 1.90 bits per heavy atom. The Bertz CT molecular complexity index is 1350. The summed E-state index contributed by atoms with van der Waals surface area (Å²) in [6.07, 6.45) is 2.84. The van der Waals surface area contributed by atoms with Crippen LogP contribution in [0.4, 0.5) is 0 Å². The molecule has 144 valence electrons. The van der Waals surface area contributed by atoms with Gasteiger partial charge in [-0.15, -0.1) is 5.10 Å². The van der Waals surface area contributed by atoms with Gasteiger partial charge in [0, 0.05) is 23.2 Å². The number of pyridine rings is 1. The standard InChI is InChI=1S/C20H12Cl2N4O3/c21-15-8-11(27)2-4-16(15)26-9-14(20(23)29)18(28)13-3-1-10(7-17(13)26)12-5-6-24-25-19(12)22/h1-9,27H,(H2,23,29). The van der Waals surface area contributed by atoms with Crippen LogP contribution in [0.1, 0.15) is 10.4 Å². The number of fused-ring (bicyclic) bond motifs is 1. The van der Waals surface area contributed by atoms with Crippen molar-refractivity contribution in [2.45, 2.75) is 0 Å². The summed E-state index contributed by atoms with van der Waals surface area (Å²) >= 11 is 12.5. The van der Waals surface area contributed by atoms with Crippen LogP contribution in [0.15, 0.2) is 59.7 Å². The van der Waals surface area contributed by atoms with Gasteiger partial charge in [0.1, 0.15) is 11.3 Å². The summed E-state index contributed by atoms with van der Waals surface area (Å²) < 4.78 is 1.57. The molecule has 4 aromatic rings. The lowest BCUT2D eigenvalue weighted by atomic mass is 10.0. The maximum absolute atomic E-state index is 12.8. The number of nitrogens with two attached hydrogens (primary N) is 1. The van der Waals surface area contributed by atoms with E-state index in [0.29, 0.717) is 22.3 Å². The lowest BCUT2D eigenvalue weighted by Gasteiger charge is -2.15. The molecular formula is C20H12Cl2N4O3. The number of hydrogen-bond donors (Lipinski definition) is 2. The normalized spacial score (nSPS) is 11.0. The van der Waals surface area contributed by atoms with E-state index in [9.17, 15) is 14.7 Å². The lowest BCUT2D eigenvalue weighted by Crippen LogP contribution is -2.24. The van der Waals surface area contributed by atoms with Gasteiger partial charge in [-0.2, -0.15) is 5.10 Å². The molecule has 0 fully saturated rings. The van der Waals surface area contributed by atoms with Crippen LogP contribution in [0.25, 0.3) is 27.7 Å². The zero-order valence-electron chi connectivity index (χ0n) is 14.6. The van der Waals surface area contributed by atoms with Crippen LogP contribution < -0.4 is 11.2 Å². The molecule has 0 atom stereocenters. The molecule has 0 saturated carbocycles. The highest BCUT2D eigenvalue weighted by Gasteiger charge is 2.17. The van der Waals surface area contributed by atoms with E-state index in [1.54, 1.807) is 34.9 Å². The predicted octanol–water partition coefficient (Wildman–Crippen LogP) is 3.56. The van der Waals surface area contributed by atoms with Crippen LogP contribution in [-0.2, 0) is 0 Å². The van der Waals surface area contributed by atoms with Crippen molar-refractivity contribution in [3.8, 4) is 22.6 Å². The quantitative estimate of drug-likeness (QED) is 0.520. The van der Waals surface area contributed by atoms with Gasteiger partial charge in [-0.25, -0.2) is 0 Å². The smallest absolute Gasteiger partial charge is 0.254 e. The second-order valence-electron chi connectivity index (χ2n) is 6.21. The third-order valence-electron chi connectivity index (χ3n) is 4.45. The first-order valence-electron chi connectivity index (χ1n) is 8.32. The lowest BCUT2D eigenvalue weighted by molar-refractivity contribution is 0.0999. The second-order valence-corrected chi connectivity index (χ2v) is 6.97. The molecule has 0 aliphatic carbocycles. The molecule has 0 spiro atoms. The van der Waals surface area contributed by atoms with Gasteiger partial charge in [-0.3, -0.25) is 9.59 Å². The maximum atomic E-state index is 12.8. The molecule has 1 amide bonds. The second kappa shape index (κ2) is 7.20. The van der Waals surface area contributed by atoms with Gasteiger partial charge >= 0.3 is 0 Å². The first kappa shape index (κ1) is 18.9. The fourth-order valence-corrected chi connectivity index (χ4v) is 3.57. The van der Waals surface area contributed by atoms with E-state index in [1.807, 2.05) is 0 Å². The maximum Gasteiger partial charge on any atom is 0.254 e. The highest BCUT2D eigenvalue weighted by molar-refractivity contribution is 6.32. The zero-order chi connectivity index (χ0) is 20.7. The van der Waals surface area contributed by atoms with Crippen molar-refractivity contribution in [3.63, 3.8) is 0 Å². The molecule has 29 heavy (non-hydrogen) atoms. The molecule has 2 heterocycles. The van der Waals surface area contributed by atoms with Crippen LogP contribution in [0.5, 0.6) is 5.75 Å². The Morgan fingerprint density at radius 3 is 2.59 bits per heavy atom. The number of hydrogen-bond acceptors (Lipinski definition) is 5. The largest absolute Gasteiger partial charge is 0.508 e. The third-order valence-corrected chi connectivity index (χ3v) is 5.03. The van der Waals surface area contributed by atoms with Gasteiger partial charge in [0.15, 0.2) is 5.15 Å². The highest BCUT2D eigenvalue weighted by Crippen LogP contribution is 2.31. The molecular weight excluding hydrogens is 415 g/mol. The van der Waals surface area contributed by atoms with Gasteiger partial charge in [0.25, 0.3) is 5.91 Å². The number of amides is 1. The number of halogens is 2. The Balaban J connectivity index is 2.10. The summed E-state index contributed by atoms with van der Waals surface area (Å²) in [5.74, 6) is -0.874. The summed E-state index contributed by atoms with van der Waals surface area (Å²) in [4.78, 5) is 24.6. The molecule has 7 nitrogen and oxygen atoms in total. The third kappa shape index (κ3) is 3.30. The number of aromatic hydroxyl groups is 1. The van der Waals surface area contributed by atoms with Gasteiger partial charge in [0.2, 0.25) is 5.43 Å². The zero-order valence-corrected chi connectivity index (χ0v) is 16.1. The molecule has 0 bridgehead atoms. The number of rotatable bonds is 3. The van der Waals surface area contributed by atoms with E-state index < -0.39 is 11.3 Å². The van der Waals surface area contributed by atoms with Crippen molar-refractivity contribution < 1.29 is 9.90 Å². The van der Waals surface area contributed by atoms with Crippen molar-refractivity contribution in [2.24, 2.45) is 5.73 Å². The molecule has 0 radical (unpaired) electrons. The fraction of sp³-hybridized carbons (Fsp3) is 0. The average Bonchev–Trinajstić information content (AvgIpc) is 2.69. The van der Waals surface area contributed by atoms with E-state index in [1.165, 1.54) is 24.5 Å². The molecule has 9 heteroatoms. The monoisotopic (exact) mass is 426 g/mol. The van der Waals surface area contributed by atoms with Crippen LogP contribution in [0.2, 0.25) is 10.2 Å². The summed E-state index contributed by atoms with van der Waals surface area (Å²) in [5.41, 5.74) is 6.95. The van der Waals surface area contributed by atoms with Gasteiger partial charge in [-0.1, -0.05) is 29.3 Å². The number of aromatic nitrogens is 3. The van der Waals surface area contributed by atoms with Crippen LogP contribution in [0, 0.1) is 0 Å². The Morgan fingerprint density at radius 1 is 1.10 bits per heavy atom. The predicted molar refractivity (Wildman–Crippen MR) is 111 cm³/mol. The van der Waals surface area contributed by atoms with E-state index in [2.05, 4.69) is 10.2 Å². The Kier molecular flexibility index (Phi) is 4.70. The highest BCUT2D eigenvalue weighted by atomic mass is 35.5. The van der Waals surface area contributed by atoms with Crippen molar-refractivity contribution in [2.75, 3.05) is 0 Å². The minimum atomic E-state index is -0.856. The SMILES string of the molecule is NC(=O)c1cn(-c2ccc(O)cc2Cl)c2cc(-c3ccnnc3Cl)ccc2c1=O. The van der Waals surface area contributed by atoms with Gasteiger partial charge in [-0.05, 0) is 35.9 Å².